The SMILES string of the molecule is Cc1ccccc1C(=O)Nc1c(C(N)=O)cnn1C. The number of benzene rings is 1. The molecule has 0 atom stereocenters. The summed E-state index contributed by atoms with van der Waals surface area (Å²) in [6.45, 7) is 1.84. The Hall–Kier alpha value is -2.63. The van der Waals surface area contributed by atoms with Crippen LogP contribution in [0.2, 0.25) is 0 Å². The van der Waals surface area contributed by atoms with Crippen molar-refractivity contribution in [2.24, 2.45) is 12.8 Å². The van der Waals surface area contributed by atoms with Gasteiger partial charge in [-0.2, -0.15) is 5.10 Å². The summed E-state index contributed by atoms with van der Waals surface area (Å²) in [6.07, 6.45) is 1.33. The van der Waals surface area contributed by atoms with Crippen molar-refractivity contribution in [2.45, 2.75) is 6.92 Å². The summed E-state index contributed by atoms with van der Waals surface area (Å²) in [5.74, 6) is -0.641. The zero-order valence-electron chi connectivity index (χ0n) is 10.7. The van der Waals surface area contributed by atoms with Crippen LogP contribution in [0.15, 0.2) is 30.5 Å². The van der Waals surface area contributed by atoms with Crippen LogP contribution in [-0.2, 0) is 7.05 Å². The number of nitrogens with one attached hydrogen (secondary N) is 1. The van der Waals surface area contributed by atoms with E-state index in [0.717, 1.165) is 5.56 Å². The highest BCUT2D eigenvalue weighted by Gasteiger charge is 2.17. The maximum absolute atomic E-state index is 12.2. The molecule has 0 radical (unpaired) electrons. The fourth-order valence-electron chi connectivity index (χ4n) is 1.77. The van der Waals surface area contributed by atoms with E-state index in [1.54, 1.807) is 19.2 Å². The molecule has 0 fully saturated rings. The summed E-state index contributed by atoms with van der Waals surface area (Å²) in [6, 6.07) is 7.18. The number of hydrogen-bond donors (Lipinski definition) is 2. The molecule has 19 heavy (non-hydrogen) atoms. The Morgan fingerprint density at radius 3 is 2.58 bits per heavy atom. The molecule has 1 aromatic heterocycles. The molecule has 2 rings (SSSR count). The molecule has 2 amide bonds. The van der Waals surface area contributed by atoms with Gasteiger partial charge in [-0.05, 0) is 18.6 Å². The highest BCUT2D eigenvalue weighted by molar-refractivity contribution is 6.08. The van der Waals surface area contributed by atoms with E-state index >= 15 is 0 Å². The van der Waals surface area contributed by atoms with Gasteiger partial charge in [0.1, 0.15) is 11.4 Å². The van der Waals surface area contributed by atoms with Crippen LogP contribution in [0.1, 0.15) is 26.3 Å². The molecule has 6 nitrogen and oxygen atoms in total. The van der Waals surface area contributed by atoms with Crippen molar-refractivity contribution in [3.05, 3.63) is 47.2 Å². The molecule has 1 aromatic carbocycles. The Labute approximate surface area is 110 Å². The molecule has 0 bridgehead atoms. The Morgan fingerprint density at radius 1 is 1.26 bits per heavy atom. The number of aryl methyl sites for hydroxylation is 2. The number of anilines is 1. The molecule has 3 N–H and O–H groups in total. The second-order valence-corrected chi connectivity index (χ2v) is 4.16. The number of rotatable bonds is 3. The number of carbonyl (C=O) groups excluding carboxylic acids is 2. The summed E-state index contributed by atoms with van der Waals surface area (Å²) in [4.78, 5) is 23.4. The minimum atomic E-state index is -0.631. The van der Waals surface area contributed by atoms with Gasteiger partial charge in [-0.1, -0.05) is 18.2 Å². The average Bonchev–Trinajstić information content (AvgIpc) is 2.71. The maximum atomic E-state index is 12.2. The van der Waals surface area contributed by atoms with Gasteiger partial charge in [0.15, 0.2) is 0 Å². The molecule has 0 aliphatic rings. The number of amides is 2. The average molecular weight is 258 g/mol. The highest BCUT2D eigenvalue weighted by Crippen LogP contribution is 2.16. The van der Waals surface area contributed by atoms with E-state index in [1.807, 2.05) is 19.1 Å². The van der Waals surface area contributed by atoms with Crippen molar-refractivity contribution in [3.63, 3.8) is 0 Å². The predicted molar refractivity (Wildman–Crippen MR) is 70.9 cm³/mol. The standard InChI is InChI=1S/C13H14N4O2/c1-8-5-3-4-6-9(8)13(19)16-12-10(11(14)18)7-15-17(12)2/h3-7H,1-2H3,(H2,14,18)(H,16,19). The van der Waals surface area contributed by atoms with Crippen molar-refractivity contribution in [1.82, 2.24) is 9.78 Å². The van der Waals surface area contributed by atoms with E-state index in [2.05, 4.69) is 10.4 Å². The Bertz CT molecular complexity index is 646. The molecule has 0 saturated carbocycles. The lowest BCUT2D eigenvalue weighted by atomic mass is 10.1. The second-order valence-electron chi connectivity index (χ2n) is 4.16. The van der Waals surface area contributed by atoms with Gasteiger partial charge in [-0.25, -0.2) is 0 Å². The molecule has 2 aromatic rings. The van der Waals surface area contributed by atoms with Gasteiger partial charge in [0, 0.05) is 12.6 Å². The number of nitrogens with two attached hydrogens (primary N) is 1. The third kappa shape index (κ3) is 2.47. The van der Waals surface area contributed by atoms with Crippen LogP contribution in [0, 0.1) is 6.92 Å². The van der Waals surface area contributed by atoms with Gasteiger partial charge in [-0.15, -0.1) is 0 Å². The van der Waals surface area contributed by atoms with Crippen molar-refractivity contribution < 1.29 is 9.59 Å². The van der Waals surface area contributed by atoms with Gasteiger partial charge in [0.2, 0.25) is 0 Å². The number of primary amides is 1. The number of hydrogen-bond acceptors (Lipinski definition) is 3. The lowest BCUT2D eigenvalue weighted by molar-refractivity contribution is 0.100. The van der Waals surface area contributed by atoms with Crippen LogP contribution in [0.3, 0.4) is 0 Å². The molecule has 1 heterocycles. The fraction of sp³-hybridized carbons (Fsp3) is 0.154. The number of carbonyl (C=O) groups is 2. The Morgan fingerprint density at radius 2 is 1.95 bits per heavy atom. The smallest absolute Gasteiger partial charge is 0.257 e. The molecule has 0 spiro atoms. The lowest BCUT2D eigenvalue weighted by Crippen LogP contribution is -2.19. The van der Waals surface area contributed by atoms with E-state index in [4.69, 9.17) is 5.73 Å². The predicted octanol–water partition coefficient (Wildman–Crippen LogP) is 1.08. The van der Waals surface area contributed by atoms with Gasteiger partial charge in [-0.3, -0.25) is 14.3 Å². The molecular formula is C13H14N4O2. The minimum Gasteiger partial charge on any atom is -0.365 e. The Balaban J connectivity index is 2.32. The minimum absolute atomic E-state index is 0.185. The third-order valence-electron chi connectivity index (χ3n) is 2.83. The van der Waals surface area contributed by atoms with Crippen molar-refractivity contribution in [2.75, 3.05) is 5.32 Å². The monoisotopic (exact) mass is 258 g/mol. The fourth-order valence-corrected chi connectivity index (χ4v) is 1.77. The summed E-state index contributed by atoms with van der Waals surface area (Å²) in [7, 11) is 1.62. The molecule has 6 heteroatoms. The molecule has 0 aliphatic heterocycles. The van der Waals surface area contributed by atoms with Crippen molar-refractivity contribution in [3.8, 4) is 0 Å². The molecule has 0 aliphatic carbocycles. The van der Waals surface area contributed by atoms with Crippen molar-refractivity contribution >= 4 is 17.6 Å². The zero-order valence-corrected chi connectivity index (χ0v) is 10.7. The van der Waals surface area contributed by atoms with Crippen molar-refractivity contribution in [1.29, 1.82) is 0 Å². The first-order valence-electron chi connectivity index (χ1n) is 5.69. The van der Waals surface area contributed by atoms with E-state index in [0.29, 0.717) is 11.4 Å². The maximum Gasteiger partial charge on any atom is 0.257 e. The van der Waals surface area contributed by atoms with E-state index in [1.165, 1.54) is 10.9 Å². The van der Waals surface area contributed by atoms with E-state index in [-0.39, 0.29) is 11.5 Å². The van der Waals surface area contributed by atoms with Crippen LogP contribution in [-0.4, -0.2) is 21.6 Å². The molecule has 98 valence electrons. The van der Waals surface area contributed by atoms with Gasteiger partial charge in [0.25, 0.3) is 11.8 Å². The van der Waals surface area contributed by atoms with Crippen LogP contribution < -0.4 is 11.1 Å². The van der Waals surface area contributed by atoms with Gasteiger partial charge in [0.05, 0.1) is 6.20 Å². The van der Waals surface area contributed by atoms with E-state index in [9.17, 15) is 9.59 Å². The van der Waals surface area contributed by atoms with Crippen LogP contribution in [0.4, 0.5) is 5.82 Å². The number of nitrogens with zero attached hydrogens (tertiary/aromatic N) is 2. The van der Waals surface area contributed by atoms with Crippen LogP contribution in [0.25, 0.3) is 0 Å². The van der Waals surface area contributed by atoms with Crippen LogP contribution >= 0.6 is 0 Å². The first kappa shape index (κ1) is 12.8. The normalized spacial score (nSPS) is 10.2. The Kier molecular flexibility index (Phi) is 3.33. The number of aromatic nitrogens is 2. The largest absolute Gasteiger partial charge is 0.365 e. The summed E-state index contributed by atoms with van der Waals surface area (Å²) in [5.41, 5.74) is 6.80. The summed E-state index contributed by atoms with van der Waals surface area (Å²) >= 11 is 0. The molecule has 0 saturated heterocycles. The van der Waals surface area contributed by atoms with Crippen LogP contribution in [0.5, 0.6) is 0 Å². The quantitative estimate of drug-likeness (QED) is 0.863. The first-order chi connectivity index (χ1) is 9.00. The topological polar surface area (TPSA) is 90.0 Å². The van der Waals surface area contributed by atoms with E-state index < -0.39 is 5.91 Å². The first-order valence-corrected chi connectivity index (χ1v) is 5.69. The second kappa shape index (κ2) is 4.93. The highest BCUT2D eigenvalue weighted by atomic mass is 16.2. The summed E-state index contributed by atoms with van der Waals surface area (Å²) < 4.78 is 1.40. The molecule has 0 unspecified atom stereocenters. The van der Waals surface area contributed by atoms with Gasteiger partial charge < -0.3 is 11.1 Å². The lowest BCUT2D eigenvalue weighted by Gasteiger charge is -2.08. The third-order valence-corrected chi connectivity index (χ3v) is 2.83. The zero-order chi connectivity index (χ0) is 14.0. The molecular weight excluding hydrogens is 244 g/mol. The van der Waals surface area contributed by atoms with Gasteiger partial charge >= 0.3 is 0 Å². The summed E-state index contributed by atoms with van der Waals surface area (Å²) in [5, 5.41) is 6.57.